The number of rotatable bonds is 5. The first-order valence-electron chi connectivity index (χ1n) is 6.97. The highest BCUT2D eigenvalue weighted by Crippen LogP contribution is 2.15. The first-order valence-corrected chi connectivity index (χ1v) is 6.97. The van der Waals surface area contributed by atoms with Crippen molar-refractivity contribution < 1.29 is 14.7 Å². The van der Waals surface area contributed by atoms with Crippen LogP contribution in [0.3, 0.4) is 0 Å². The Morgan fingerprint density at radius 2 is 2.05 bits per heavy atom. The predicted octanol–water partition coefficient (Wildman–Crippen LogP) is 1.11. The summed E-state index contributed by atoms with van der Waals surface area (Å²) in [4.78, 5) is 23.3. The van der Waals surface area contributed by atoms with E-state index in [4.69, 9.17) is 0 Å². The van der Waals surface area contributed by atoms with Crippen molar-refractivity contribution in [3.05, 3.63) is 35.9 Å². The number of piperidine rings is 1. The van der Waals surface area contributed by atoms with E-state index in [0.717, 1.165) is 25.8 Å². The molecule has 1 aromatic carbocycles. The van der Waals surface area contributed by atoms with Gasteiger partial charge in [0.1, 0.15) is 0 Å². The lowest BCUT2D eigenvalue weighted by Crippen LogP contribution is -2.47. The highest BCUT2D eigenvalue weighted by Gasteiger charge is 2.24. The lowest BCUT2D eigenvalue weighted by atomic mass is 9.98. The van der Waals surface area contributed by atoms with Crippen LogP contribution in [0.25, 0.3) is 0 Å². The standard InChI is InChI=1S/C15H20N2O3/c18-14(13-8-4-5-9-16-13)17-10-12(15(19)20)11-6-2-1-3-7-11/h1-3,6-7,12-13,16H,4-5,8-10H2,(H,17,18)(H,19,20)/t12?,13-/m0/s1. The van der Waals surface area contributed by atoms with Gasteiger partial charge in [0.15, 0.2) is 0 Å². The first kappa shape index (κ1) is 14.5. The molecule has 3 N–H and O–H groups in total. The minimum absolute atomic E-state index is 0.105. The molecular weight excluding hydrogens is 256 g/mol. The van der Waals surface area contributed by atoms with Gasteiger partial charge in [0.2, 0.25) is 5.91 Å². The molecule has 1 aliphatic heterocycles. The molecule has 0 radical (unpaired) electrons. The first-order chi connectivity index (χ1) is 9.68. The molecule has 0 spiro atoms. The molecule has 1 aliphatic rings. The molecule has 1 amide bonds. The molecule has 1 unspecified atom stereocenters. The van der Waals surface area contributed by atoms with Crippen LogP contribution in [0, 0.1) is 0 Å². The van der Waals surface area contributed by atoms with Gasteiger partial charge >= 0.3 is 5.97 Å². The van der Waals surface area contributed by atoms with Crippen molar-refractivity contribution in [1.82, 2.24) is 10.6 Å². The summed E-state index contributed by atoms with van der Waals surface area (Å²) < 4.78 is 0. The van der Waals surface area contributed by atoms with Gasteiger partial charge in [-0.1, -0.05) is 36.8 Å². The zero-order valence-corrected chi connectivity index (χ0v) is 11.3. The number of benzene rings is 1. The minimum Gasteiger partial charge on any atom is -0.481 e. The smallest absolute Gasteiger partial charge is 0.312 e. The van der Waals surface area contributed by atoms with Gasteiger partial charge in [0, 0.05) is 6.54 Å². The quantitative estimate of drug-likeness (QED) is 0.753. The maximum absolute atomic E-state index is 12.0. The maximum atomic E-state index is 12.0. The molecule has 1 fully saturated rings. The molecule has 2 rings (SSSR count). The SMILES string of the molecule is O=C(O)C(CNC(=O)[C@@H]1CCCCN1)c1ccccc1. The van der Waals surface area contributed by atoms with Gasteiger partial charge in [-0.15, -0.1) is 0 Å². The van der Waals surface area contributed by atoms with E-state index >= 15 is 0 Å². The predicted molar refractivity (Wildman–Crippen MR) is 75.5 cm³/mol. The van der Waals surface area contributed by atoms with Gasteiger partial charge < -0.3 is 15.7 Å². The van der Waals surface area contributed by atoms with Crippen molar-refractivity contribution >= 4 is 11.9 Å². The normalized spacial score (nSPS) is 20.1. The van der Waals surface area contributed by atoms with Crippen molar-refractivity contribution in [3.8, 4) is 0 Å². The number of carbonyl (C=O) groups is 2. The summed E-state index contributed by atoms with van der Waals surface area (Å²) >= 11 is 0. The fraction of sp³-hybridized carbons (Fsp3) is 0.467. The van der Waals surface area contributed by atoms with Crippen molar-refractivity contribution in [1.29, 1.82) is 0 Å². The Hall–Kier alpha value is -1.88. The maximum Gasteiger partial charge on any atom is 0.312 e. The summed E-state index contributed by atoms with van der Waals surface area (Å²) in [7, 11) is 0. The Morgan fingerprint density at radius 3 is 2.65 bits per heavy atom. The van der Waals surface area contributed by atoms with Gasteiger partial charge in [-0.25, -0.2) is 0 Å². The molecule has 5 nitrogen and oxygen atoms in total. The van der Waals surface area contributed by atoms with E-state index in [-0.39, 0.29) is 18.5 Å². The number of amides is 1. The number of hydrogen-bond donors (Lipinski definition) is 3. The highest BCUT2D eigenvalue weighted by atomic mass is 16.4. The molecule has 0 saturated carbocycles. The van der Waals surface area contributed by atoms with Gasteiger partial charge in [0.25, 0.3) is 0 Å². The van der Waals surface area contributed by atoms with E-state index in [1.165, 1.54) is 0 Å². The number of hydrogen-bond acceptors (Lipinski definition) is 3. The van der Waals surface area contributed by atoms with Crippen molar-refractivity contribution in [2.24, 2.45) is 0 Å². The average Bonchev–Trinajstić information content (AvgIpc) is 2.49. The third-order valence-corrected chi connectivity index (χ3v) is 3.61. The minimum atomic E-state index is -0.923. The fourth-order valence-electron chi connectivity index (χ4n) is 2.43. The molecule has 1 saturated heterocycles. The number of nitrogens with one attached hydrogen (secondary N) is 2. The molecule has 0 aromatic heterocycles. The Kier molecular flexibility index (Phi) is 5.12. The van der Waals surface area contributed by atoms with Crippen LogP contribution in [-0.2, 0) is 9.59 Å². The van der Waals surface area contributed by atoms with Gasteiger partial charge in [-0.3, -0.25) is 9.59 Å². The summed E-state index contributed by atoms with van der Waals surface area (Å²) in [6.07, 6.45) is 2.94. The summed E-state index contributed by atoms with van der Waals surface area (Å²) in [5.41, 5.74) is 0.705. The van der Waals surface area contributed by atoms with E-state index in [1.807, 2.05) is 6.07 Å². The lowest BCUT2D eigenvalue weighted by molar-refractivity contribution is -0.138. The largest absolute Gasteiger partial charge is 0.481 e. The van der Waals surface area contributed by atoms with Crippen LogP contribution >= 0.6 is 0 Å². The van der Waals surface area contributed by atoms with Crippen LogP contribution in [0.2, 0.25) is 0 Å². The zero-order valence-electron chi connectivity index (χ0n) is 11.3. The third kappa shape index (κ3) is 3.81. The number of carbonyl (C=O) groups excluding carboxylic acids is 1. The monoisotopic (exact) mass is 276 g/mol. The summed E-state index contributed by atoms with van der Waals surface area (Å²) in [6, 6.07) is 8.79. The van der Waals surface area contributed by atoms with E-state index in [2.05, 4.69) is 10.6 Å². The van der Waals surface area contributed by atoms with E-state index < -0.39 is 11.9 Å². The molecule has 5 heteroatoms. The fourth-order valence-corrected chi connectivity index (χ4v) is 2.43. The number of carboxylic acid groups (broad SMARTS) is 1. The van der Waals surface area contributed by atoms with Gasteiger partial charge in [-0.2, -0.15) is 0 Å². The Bertz CT molecular complexity index is 455. The molecule has 2 atom stereocenters. The van der Waals surface area contributed by atoms with Crippen molar-refractivity contribution in [2.45, 2.75) is 31.2 Å². The van der Waals surface area contributed by atoms with Gasteiger partial charge in [0.05, 0.1) is 12.0 Å². The molecule has 1 aromatic rings. The highest BCUT2D eigenvalue weighted by molar-refractivity contribution is 5.83. The summed E-state index contributed by atoms with van der Waals surface area (Å²) in [5.74, 6) is -1.73. The van der Waals surface area contributed by atoms with Gasteiger partial charge in [-0.05, 0) is 24.9 Å². The molecule has 20 heavy (non-hydrogen) atoms. The Labute approximate surface area is 118 Å². The van der Waals surface area contributed by atoms with Crippen molar-refractivity contribution in [3.63, 3.8) is 0 Å². The molecule has 108 valence electrons. The van der Waals surface area contributed by atoms with E-state index in [9.17, 15) is 14.7 Å². The van der Waals surface area contributed by atoms with Crippen LogP contribution in [0.4, 0.5) is 0 Å². The van der Waals surface area contributed by atoms with Crippen LogP contribution in [0.5, 0.6) is 0 Å². The van der Waals surface area contributed by atoms with Crippen molar-refractivity contribution in [2.75, 3.05) is 13.1 Å². The topological polar surface area (TPSA) is 78.4 Å². The Balaban J connectivity index is 1.92. The molecule has 1 heterocycles. The zero-order chi connectivity index (χ0) is 14.4. The van der Waals surface area contributed by atoms with Crippen LogP contribution in [-0.4, -0.2) is 36.1 Å². The summed E-state index contributed by atoms with van der Waals surface area (Å²) in [5, 5.41) is 15.2. The average molecular weight is 276 g/mol. The second kappa shape index (κ2) is 7.05. The second-order valence-electron chi connectivity index (χ2n) is 5.05. The van der Waals surface area contributed by atoms with E-state index in [0.29, 0.717) is 5.56 Å². The van der Waals surface area contributed by atoms with Crippen LogP contribution in [0.1, 0.15) is 30.7 Å². The molecule has 0 bridgehead atoms. The lowest BCUT2D eigenvalue weighted by Gasteiger charge is -2.23. The summed E-state index contributed by atoms with van der Waals surface area (Å²) in [6.45, 7) is 0.968. The third-order valence-electron chi connectivity index (χ3n) is 3.61. The second-order valence-corrected chi connectivity index (χ2v) is 5.05. The number of carboxylic acids is 1. The van der Waals surface area contributed by atoms with Crippen LogP contribution in [0.15, 0.2) is 30.3 Å². The van der Waals surface area contributed by atoms with E-state index in [1.54, 1.807) is 24.3 Å². The molecular formula is C15H20N2O3. The molecule has 0 aliphatic carbocycles. The Morgan fingerprint density at radius 1 is 1.30 bits per heavy atom. The van der Waals surface area contributed by atoms with Crippen LogP contribution < -0.4 is 10.6 Å². The number of aliphatic carboxylic acids is 1.